The molecule has 1 fully saturated rings. The summed E-state index contributed by atoms with van der Waals surface area (Å²) in [5.74, 6) is 0.567. The summed E-state index contributed by atoms with van der Waals surface area (Å²) < 4.78 is 5.65. The van der Waals surface area contributed by atoms with Crippen LogP contribution in [0.15, 0.2) is 30.0 Å². The van der Waals surface area contributed by atoms with Crippen LogP contribution in [-0.2, 0) is 4.79 Å². The molecule has 0 aromatic heterocycles. The summed E-state index contributed by atoms with van der Waals surface area (Å²) in [5, 5.41) is 10.0. The van der Waals surface area contributed by atoms with Crippen molar-refractivity contribution in [3.05, 3.63) is 35.5 Å². The first kappa shape index (κ1) is 13.1. The summed E-state index contributed by atoms with van der Waals surface area (Å²) in [4.78, 5) is 13.2. The van der Waals surface area contributed by atoms with Gasteiger partial charge in [-0.3, -0.25) is 15.5 Å². The molecule has 1 amide bonds. The summed E-state index contributed by atoms with van der Waals surface area (Å²) in [6.07, 6.45) is 2.66. The van der Waals surface area contributed by atoms with Gasteiger partial charge in [-0.25, -0.2) is 0 Å². The quantitative estimate of drug-likeness (QED) is 0.810. The summed E-state index contributed by atoms with van der Waals surface area (Å²) in [7, 11) is 1.68. The molecule has 0 aliphatic carbocycles. The van der Waals surface area contributed by atoms with Crippen LogP contribution < -0.4 is 10.1 Å². The molecule has 2 rings (SSSR count). The van der Waals surface area contributed by atoms with Gasteiger partial charge in [-0.15, -0.1) is 0 Å². The lowest BCUT2D eigenvalue weighted by Gasteiger charge is -2.11. The lowest BCUT2D eigenvalue weighted by atomic mass is 10.1. The van der Waals surface area contributed by atoms with Crippen LogP contribution in [0.1, 0.15) is 18.9 Å². The van der Waals surface area contributed by atoms with E-state index in [2.05, 4.69) is 5.32 Å². The molecule has 0 radical (unpaired) electrons. The number of nitrogens with one attached hydrogen (secondary N) is 2. The maximum atomic E-state index is 11.7. The van der Waals surface area contributed by atoms with Crippen molar-refractivity contribution >= 4 is 17.9 Å². The number of carbonyl (C=O) groups excluding carboxylic acids is 1. The fraction of sp³-hybridized carbons (Fsp3) is 0.286. The van der Waals surface area contributed by atoms with E-state index in [0.717, 1.165) is 17.7 Å². The minimum atomic E-state index is -0.266. The van der Waals surface area contributed by atoms with Crippen molar-refractivity contribution in [3.63, 3.8) is 0 Å². The highest BCUT2D eigenvalue weighted by Gasteiger charge is 2.27. The van der Waals surface area contributed by atoms with E-state index in [0.29, 0.717) is 12.3 Å². The van der Waals surface area contributed by atoms with Gasteiger partial charge in [0.25, 0.3) is 5.91 Å². The van der Waals surface area contributed by atoms with E-state index in [4.69, 9.17) is 10.1 Å². The topological polar surface area (TPSA) is 65.4 Å². The van der Waals surface area contributed by atoms with Gasteiger partial charge >= 0.3 is 0 Å². The molecule has 100 valence electrons. The number of ether oxygens (including phenoxy) is 1. The van der Waals surface area contributed by atoms with Crippen molar-refractivity contribution in [3.8, 4) is 5.75 Å². The zero-order valence-electron chi connectivity index (χ0n) is 11.1. The van der Waals surface area contributed by atoms with Gasteiger partial charge in [-0.2, -0.15) is 0 Å². The van der Waals surface area contributed by atoms with Gasteiger partial charge in [0.2, 0.25) is 5.96 Å². The Balaban J connectivity index is 2.32. The molecule has 19 heavy (non-hydrogen) atoms. The molecule has 0 bridgehead atoms. The number of likely N-dealkylation sites (N-methyl/N-ethyl adjacent to an activating group) is 1. The Hall–Kier alpha value is -2.30. The van der Waals surface area contributed by atoms with Crippen LogP contribution in [-0.4, -0.2) is 30.4 Å². The average molecular weight is 259 g/mol. The maximum Gasteiger partial charge on any atom is 0.274 e. The number of para-hydroxylation sites is 1. The zero-order valence-corrected chi connectivity index (χ0v) is 11.1. The Bertz CT molecular complexity index is 537. The van der Waals surface area contributed by atoms with Gasteiger partial charge < -0.3 is 9.64 Å². The minimum Gasteiger partial charge on any atom is -0.493 e. The first-order valence-electron chi connectivity index (χ1n) is 6.20. The number of benzene rings is 1. The summed E-state index contributed by atoms with van der Waals surface area (Å²) in [6.45, 7) is 2.68. The molecule has 1 saturated heterocycles. The second kappa shape index (κ2) is 5.56. The Morgan fingerprint density at radius 3 is 2.79 bits per heavy atom. The molecular formula is C14H17N3O2. The van der Waals surface area contributed by atoms with Crippen LogP contribution in [0.25, 0.3) is 6.08 Å². The maximum absolute atomic E-state index is 11.7. The minimum absolute atomic E-state index is 0.0863. The summed E-state index contributed by atoms with van der Waals surface area (Å²) in [6, 6.07) is 7.55. The van der Waals surface area contributed by atoms with Crippen molar-refractivity contribution in [2.45, 2.75) is 13.3 Å². The van der Waals surface area contributed by atoms with Crippen LogP contribution in [0, 0.1) is 5.41 Å². The third-order valence-electron chi connectivity index (χ3n) is 2.83. The first-order valence-corrected chi connectivity index (χ1v) is 6.20. The fourth-order valence-corrected chi connectivity index (χ4v) is 1.78. The second-order valence-corrected chi connectivity index (χ2v) is 4.28. The Kier molecular flexibility index (Phi) is 3.85. The highest BCUT2D eigenvalue weighted by atomic mass is 16.5. The van der Waals surface area contributed by atoms with Crippen molar-refractivity contribution in [1.29, 1.82) is 5.41 Å². The standard InChI is InChI=1S/C14H17N3O2/c1-3-8-19-12-7-5-4-6-10(12)9-11-13(18)16-14(15)17(11)2/h4-7,9H,3,8H2,1-2H3,(H2,15,16,18)/b11-9+. The summed E-state index contributed by atoms with van der Waals surface area (Å²) >= 11 is 0. The molecule has 1 aliphatic rings. The number of carbonyl (C=O) groups is 1. The molecule has 5 nitrogen and oxygen atoms in total. The number of hydrogen-bond acceptors (Lipinski definition) is 3. The van der Waals surface area contributed by atoms with Crippen LogP contribution in [0.2, 0.25) is 0 Å². The van der Waals surface area contributed by atoms with Crippen molar-refractivity contribution in [1.82, 2.24) is 10.2 Å². The van der Waals surface area contributed by atoms with E-state index >= 15 is 0 Å². The molecule has 5 heteroatoms. The van der Waals surface area contributed by atoms with Crippen LogP contribution in [0.5, 0.6) is 5.75 Å². The SMILES string of the molecule is CCCOc1ccccc1/C=C1\C(=O)NC(=N)N1C. The third-order valence-corrected chi connectivity index (χ3v) is 2.83. The molecule has 0 atom stereocenters. The zero-order chi connectivity index (χ0) is 13.8. The molecule has 0 saturated carbocycles. The van der Waals surface area contributed by atoms with E-state index in [9.17, 15) is 4.79 Å². The molecule has 1 aromatic rings. The van der Waals surface area contributed by atoms with Gasteiger partial charge in [0.15, 0.2) is 0 Å². The molecular weight excluding hydrogens is 242 g/mol. The van der Waals surface area contributed by atoms with Gasteiger partial charge in [0.05, 0.1) is 6.61 Å². The Labute approximate surface area is 112 Å². The number of guanidine groups is 1. The van der Waals surface area contributed by atoms with E-state index in [1.165, 1.54) is 4.90 Å². The average Bonchev–Trinajstić information content (AvgIpc) is 2.64. The van der Waals surface area contributed by atoms with Gasteiger partial charge in [0, 0.05) is 12.6 Å². The van der Waals surface area contributed by atoms with Crippen molar-refractivity contribution < 1.29 is 9.53 Å². The van der Waals surface area contributed by atoms with Crippen LogP contribution in [0.4, 0.5) is 0 Å². The predicted molar refractivity (Wildman–Crippen MR) is 73.8 cm³/mol. The fourth-order valence-electron chi connectivity index (χ4n) is 1.78. The van der Waals surface area contributed by atoms with E-state index in [1.807, 2.05) is 31.2 Å². The first-order chi connectivity index (χ1) is 9.13. The second-order valence-electron chi connectivity index (χ2n) is 4.28. The number of nitrogens with zero attached hydrogens (tertiary/aromatic N) is 1. The largest absolute Gasteiger partial charge is 0.493 e. The third kappa shape index (κ3) is 2.76. The normalized spacial score (nSPS) is 16.9. The summed E-state index contributed by atoms with van der Waals surface area (Å²) in [5.41, 5.74) is 1.28. The lowest BCUT2D eigenvalue weighted by molar-refractivity contribution is -0.115. The van der Waals surface area contributed by atoms with Gasteiger partial charge in [-0.05, 0) is 18.6 Å². The van der Waals surface area contributed by atoms with E-state index < -0.39 is 0 Å². The van der Waals surface area contributed by atoms with Crippen molar-refractivity contribution in [2.75, 3.05) is 13.7 Å². The van der Waals surface area contributed by atoms with Crippen LogP contribution in [0.3, 0.4) is 0 Å². The van der Waals surface area contributed by atoms with Gasteiger partial charge in [-0.1, -0.05) is 25.1 Å². The highest BCUT2D eigenvalue weighted by molar-refractivity contribution is 6.14. The van der Waals surface area contributed by atoms with E-state index in [-0.39, 0.29) is 11.9 Å². The van der Waals surface area contributed by atoms with Crippen molar-refractivity contribution in [2.24, 2.45) is 0 Å². The van der Waals surface area contributed by atoms with Gasteiger partial charge in [0.1, 0.15) is 11.4 Å². The van der Waals surface area contributed by atoms with Crippen LogP contribution >= 0.6 is 0 Å². The molecule has 1 aromatic carbocycles. The lowest BCUT2D eigenvalue weighted by Crippen LogP contribution is -2.25. The smallest absolute Gasteiger partial charge is 0.274 e. The molecule has 0 unspecified atom stereocenters. The Morgan fingerprint density at radius 1 is 1.42 bits per heavy atom. The molecule has 2 N–H and O–H groups in total. The molecule has 1 heterocycles. The highest BCUT2D eigenvalue weighted by Crippen LogP contribution is 2.23. The monoisotopic (exact) mass is 259 g/mol. The van der Waals surface area contributed by atoms with E-state index in [1.54, 1.807) is 13.1 Å². The molecule has 0 spiro atoms. The number of hydrogen-bond donors (Lipinski definition) is 2. The predicted octanol–water partition coefficient (Wildman–Crippen LogP) is 1.81. The molecule has 1 aliphatic heterocycles. The number of rotatable bonds is 4. The number of amides is 1. The Morgan fingerprint density at radius 2 is 2.16 bits per heavy atom.